The SMILES string of the molecule is N#CCc1ccc2ccc3nccc3c2[nH]1. The van der Waals surface area contributed by atoms with Crippen molar-refractivity contribution in [1.29, 1.82) is 5.26 Å². The fourth-order valence-corrected chi connectivity index (χ4v) is 1.96. The first-order valence-electron chi connectivity index (χ1n) is 5.11. The van der Waals surface area contributed by atoms with Crippen LogP contribution < -0.4 is 0 Å². The van der Waals surface area contributed by atoms with Crippen molar-refractivity contribution in [2.75, 3.05) is 0 Å². The number of fused-ring (bicyclic) bond motifs is 3. The molecule has 16 heavy (non-hydrogen) atoms. The minimum absolute atomic E-state index is 0.403. The molecule has 2 heterocycles. The molecule has 76 valence electrons. The molecule has 1 N–H and O–H groups in total. The van der Waals surface area contributed by atoms with E-state index in [0.717, 1.165) is 27.5 Å². The van der Waals surface area contributed by atoms with Crippen LogP contribution in [0.25, 0.3) is 21.8 Å². The molecule has 0 atom stereocenters. The summed E-state index contributed by atoms with van der Waals surface area (Å²) in [5.41, 5.74) is 2.98. The van der Waals surface area contributed by atoms with E-state index in [0.29, 0.717) is 6.42 Å². The van der Waals surface area contributed by atoms with Crippen molar-refractivity contribution < 1.29 is 0 Å². The van der Waals surface area contributed by atoms with Gasteiger partial charge < -0.3 is 4.98 Å². The average Bonchev–Trinajstić information content (AvgIpc) is 2.78. The zero-order valence-electron chi connectivity index (χ0n) is 8.57. The maximum Gasteiger partial charge on any atom is 0.0752 e. The standard InChI is InChI=1S/C13H9N3/c14-7-5-10-3-1-9-2-4-12-11(6-8-15-12)13(9)16-10/h1-4,6,8,16H,5H2. The molecule has 0 spiro atoms. The number of rotatable bonds is 1. The van der Waals surface area contributed by atoms with Crippen LogP contribution in [0.5, 0.6) is 0 Å². The maximum absolute atomic E-state index is 8.68. The van der Waals surface area contributed by atoms with Gasteiger partial charge in [0.05, 0.1) is 23.5 Å². The summed E-state index contributed by atoms with van der Waals surface area (Å²) < 4.78 is 0. The van der Waals surface area contributed by atoms with Gasteiger partial charge in [0, 0.05) is 17.3 Å². The van der Waals surface area contributed by atoms with Gasteiger partial charge in [-0.05, 0) is 23.6 Å². The summed E-state index contributed by atoms with van der Waals surface area (Å²) in [6.45, 7) is 0. The first-order valence-corrected chi connectivity index (χ1v) is 5.11. The van der Waals surface area contributed by atoms with Gasteiger partial charge in [-0.3, -0.25) is 4.98 Å². The third kappa shape index (κ3) is 1.24. The van der Waals surface area contributed by atoms with Crippen molar-refractivity contribution in [1.82, 2.24) is 9.97 Å². The van der Waals surface area contributed by atoms with Crippen molar-refractivity contribution in [3.63, 3.8) is 0 Å². The Morgan fingerprint density at radius 2 is 2.06 bits per heavy atom. The Morgan fingerprint density at radius 1 is 1.19 bits per heavy atom. The largest absolute Gasteiger partial charge is 0.357 e. The smallest absolute Gasteiger partial charge is 0.0752 e. The molecule has 0 bridgehead atoms. The van der Waals surface area contributed by atoms with E-state index >= 15 is 0 Å². The number of aromatic nitrogens is 2. The van der Waals surface area contributed by atoms with Crippen molar-refractivity contribution in [3.8, 4) is 6.07 Å². The predicted octanol–water partition coefficient (Wildman–Crippen LogP) is 2.78. The molecule has 0 unspecified atom stereocenters. The van der Waals surface area contributed by atoms with Gasteiger partial charge >= 0.3 is 0 Å². The van der Waals surface area contributed by atoms with E-state index < -0.39 is 0 Å². The van der Waals surface area contributed by atoms with Gasteiger partial charge in [-0.2, -0.15) is 5.26 Å². The molecule has 1 aromatic carbocycles. The third-order valence-corrected chi connectivity index (χ3v) is 2.73. The van der Waals surface area contributed by atoms with E-state index in [9.17, 15) is 0 Å². The Labute approximate surface area is 92.3 Å². The first kappa shape index (κ1) is 8.93. The Morgan fingerprint density at radius 3 is 2.94 bits per heavy atom. The van der Waals surface area contributed by atoms with E-state index in [-0.39, 0.29) is 0 Å². The Kier molecular flexibility index (Phi) is 1.87. The molecule has 0 saturated carbocycles. The molecule has 0 aliphatic carbocycles. The summed E-state index contributed by atoms with van der Waals surface area (Å²) in [4.78, 5) is 7.55. The lowest BCUT2D eigenvalue weighted by atomic mass is 10.1. The van der Waals surface area contributed by atoms with E-state index in [4.69, 9.17) is 5.26 Å². The second kappa shape index (κ2) is 3.35. The highest BCUT2D eigenvalue weighted by Gasteiger charge is 2.02. The molecular weight excluding hydrogens is 198 g/mol. The lowest BCUT2D eigenvalue weighted by Crippen LogP contribution is -1.88. The summed E-state index contributed by atoms with van der Waals surface area (Å²) in [7, 11) is 0. The summed E-state index contributed by atoms with van der Waals surface area (Å²) in [5.74, 6) is 0. The fraction of sp³-hybridized carbons (Fsp3) is 0.0769. The summed E-state index contributed by atoms with van der Waals surface area (Å²) in [5, 5.41) is 10.9. The number of benzene rings is 1. The first-order chi connectivity index (χ1) is 7.88. The highest BCUT2D eigenvalue weighted by Crippen LogP contribution is 2.23. The number of hydrogen-bond donors (Lipinski definition) is 1. The second-order valence-corrected chi connectivity index (χ2v) is 3.73. The van der Waals surface area contributed by atoms with Crippen LogP contribution in [0.3, 0.4) is 0 Å². The molecule has 0 saturated heterocycles. The van der Waals surface area contributed by atoms with E-state index in [1.54, 1.807) is 6.20 Å². The van der Waals surface area contributed by atoms with Crippen LogP contribution in [0, 0.1) is 11.3 Å². The Balaban J connectivity index is 2.38. The molecule has 3 heteroatoms. The number of pyridine rings is 1. The number of nitriles is 1. The van der Waals surface area contributed by atoms with Crippen LogP contribution in [0.4, 0.5) is 0 Å². The second-order valence-electron chi connectivity index (χ2n) is 3.73. The van der Waals surface area contributed by atoms with Crippen molar-refractivity contribution in [2.24, 2.45) is 0 Å². The van der Waals surface area contributed by atoms with Crippen LogP contribution >= 0.6 is 0 Å². The van der Waals surface area contributed by atoms with Gasteiger partial charge in [0.25, 0.3) is 0 Å². The predicted molar refractivity (Wildman–Crippen MR) is 62.9 cm³/mol. The maximum atomic E-state index is 8.68. The Bertz CT molecular complexity index is 704. The van der Waals surface area contributed by atoms with E-state index in [2.05, 4.69) is 16.0 Å². The molecule has 0 amide bonds. The number of hydrogen-bond acceptors (Lipinski definition) is 2. The quantitative estimate of drug-likeness (QED) is 0.667. The number of nitrogens with zero attached hydrogens (tertiary/aromatic N) is 2. The van der Waals surface area contributed by atoms with Gasteiger partial charge in [-0.15, -0.1) is 0 Å². The zero-order valence-corrected chi connectivity index (χ0v) is 8.57. The van der Waals surface area contributed by atoms with Crippen molar-refractivity contribution in [2.45, 2.75) is 6.42 Å². The van der Waals surface area contributed by atoms with Crippen LogP contribution in [-0.4, -0.2) is 9.97 Å². The van der Waals surface area contributed by atoms with Gasteiger partial charge in [-0.25, -0.2) is 0 Å². The van der Waals surface area contributed by atoms with Crippen LogP contribution in [-0.2, 0) is 6.42 Å². The molecular formula is C13H9N3. The monoisotopic (exact) mass is 207 g/mol. The number of nitrogens with one attached hydrogen (secondary N) is 1. The third-order valence-electron chi connectivity index (χ3n) is 2.73. The highest BCUT2D eigenvalue weighted by atomic mass is 14.7. The molecule has 3 nitrogen and oxygen atoms in total. The average molecular weight is 207 g/mol. The van der Waals surface area contributed by atoms with Crippen molar-refractivity contribution >= 4 is 21.8 Å². The van der Waals surface area contributed by atoms with E-state index in [1.165, 1.54) is 0 Å². The normalized spacial score (nSPS) is 10.7. The Hall–Kier alpha value is -2.34. The lowest BCUT2D eigenvalue weighted by molar-refractivity contribution is 1.15. The molecule has 0 aliphatic heterocycles. The minimum Gasteiger partial charge on any atom is -0.357 e. The van der Waals surface area contributed by atoms with Gasteiger partial charge in [0.2, 0.25) is 0 Å². The van der Waals surface area contributed by atoms with E-state index in [1.807, 2.05) is 30.3 Å². The van der Waals surface area contributed by atoms with Gasteiger partial charge in [0.1, 0.15) is 0 Å². The molecule has 2 aromatic heterocycles. The zero-order chi connectivity index (χ0) is 11.0. The summed E-state index contributed by atoms with van der Waals surface area (Å²) >= 11 is 0. The van der Waals surface area contributed by atoms with Gasteiger partial charge in [-0.1, -0.05) is 12.1 Å². The van der Waals surface area contributed by atoms with Gasteiger partial charge in [0.15, 0.2) is 0 Å². The minimum atomic E-state index is 0.403. The number of aromatic amines is 1. The summed E-state index contributed by atoms with van der Waals surface area (Å²) in [6.07, 6.45) is 2.20. The lowest BCUT2D eigenvalue weighted by Gasteiger charge is -2.02. The van der Waals surface area contributed by atoms with Crippen LogP contribution in [0.2, 0.25) is 0 Å². The van der Waals surface area contributed by atoms with Crippen molar-refractivity contribution in [3.05, 3.63) is 42.2 Å². The topological polar surface area (TPSA) is 52.5 Å². The molecule has 3 rings (SSSR count). The number of H-pyrrole nitrogens is 1. The molecule has 0 fully saturated rings. The van der Waals surface area contributed by atoms with Crippen LogP contribution in [0.15, 0.2) is 36.5 Å². The summed E-state index contributed by atoms with van der Waals surface area (Å²) in [6, 6.07) is 12.2. The highest BCUT2D eigenvalue weighted by molar-refractivity contribution is 6.03. The molecule has 3 aromatic rings. The fourth-order valence-electron chi connectivity index (χ4n) is 1.96. The molecule has 0 aliphatic rings. The van der Waals surface area contributed by atoms with Crippen LogP contribution in [0.1, 0.15) is 5.69 Å². The molecule has 0 radical (unpaired) electrons.